The maximum Gasteiger partial charge on any atom is 0.271 e. The molecule has 1 unspecified atom stereocenters. The Morgan fingerprint density at radius 2 is 2.00 bits per heavy atom. The van der Waals surface area contributed by atoms with Crippen LogP contribution in [-0.2, 0) is 6.54 Å². The minimum absolute atomic E-state index is 0.0841. The van der Waals surface area contributed by atoms with Crippen molar-refractivity contribution in [2.45, 2.75) is 25.9 Å². The molecule has 0 aliphatic heterocycles. The number of carbonyl (C=O) groups is 1. The van der Waals surface area contributed by atoms with E-state index in [1.165, 1.54) is 16.8 Å². The fraction of sp³-hybridized carbons (Fsp3) is 0.312. The summed E-state index contributed by atoms with van der Waals surface area (Å²) in [5, 5.41) is 6.84. The first kappa shape index (κ1) is 15.9. The van der Waals surface area contributed by atoms with E-state index in [-0.39, 0.29) is 23.2 Å². The Morgan fingerprint density at radius 3 is 2.68 bits per heavy atom. The minimum atomic E-state index is -0.328. The fourth-order valence-electron chi connectivity index (χ4n) is 1.90. The van der Waals surface area contributed by atoms with Gasteiger partial charge in [0.1, 0.15) is 5.69 Å². The number of rotatable bonds is 6. The summed E-state index contributed by atoms with van der Waals surface area (Å²) in [5.74, 6) is -0.328. The van der Waals surface area contributed by atoms with Crippen molar-refractivity contribution in [2.75, 3.05) is 6.54 Å². The summed E-state index contributed by atoms with van der Waals surface area (Å²) in [6.07, 6.45) is 0.779. The van der Waals surface area contributed by atoms with E-state index in [0.717, 1.165) is 12.0 Å². The lowest BCUT2D eigenvalue weighted by Gasteiger charge is -2.11. The number of amides is 1. The second-order valence-electron chi connectivity index (χ2n) is 5.08. The molecule has 6 heteroatoms. The number of aromatic nitrogens is 2. The standard InChI is InChI=1S/C16H20N4O2/c1-2-13(17)10-18-16(22)14-8-9-15(21)20(19-14)11-12-6-4-3-5-7-12/h3-9,13H,2,10-11,17H2,1H3,(H,18,22). The Bertz CT molecular complexity index is 682. The molecule has 2 rings (SSSR count). The number of nitrogens with two attached hydrogens (primary N) is 1. The molecule has 0 spiro atoms. The fourth-order valence-corrected chi connectivity index (χ4v) is 1.90. The zero-order chi connectivity index (χ0) is 15.9. The molecule has 0 radical (unpaired) electrons. The van der Waals surface area contributed by atoms with E-state index in [1.54, 1.807) is 0 Å². The van der Waals surface area contributed by atoms with Crippen molar-refractivity contribution in [3.8, 4) is 0 Å². The zero-order valence-corrected chi connectivity index (χ0v) is 12.5. The minimum Gasteiger partial charge on any atom is -0.349 e. The van der Waals surface area contributed by atoms with E-state index in [2.05, 4.69) is 10.4 Å². The van der Waals surface area contributed by atoms with Crippen molar-refractivity contribution in [2.24, 2.45) is 5.73 Å². The van der Waals surface area contributed by atoms with E-state index >= 15 is 0 Å². The molecule has 0 fully saturated rings. The van der Waals surface area contributed by atoms with Crippen molar-refractivity contribution in [1.82, 2.24) is 15.1 Å². The highest BCUT2D eigenvalue weighted by Crippen LogP contribution is 2.00. The molecule has 0 aliphatic rings. The summed E-state index contributed by atoms with van der Waals surface area (Å²) in [6, 6.07) is 12.2. The van der Waals surface area contributed by atoms with Crippen LogP contribution in [0.25, 0.3) is 0 Å². The largest absolute Gasteiger partial charge is 0.349 e. The second-order valence-corrected chi connectivity index (χ2v) is 5.08. The molecule has 1 heterocycles. The number of hydrogen-bond donors (Lipinski definition) is 2. The Hall–Kier alpha value is -2.47. The highest BCUT2D eigenvalue weighted by Gasteiger charge is 2.10. The molecule has 3 N–H and O–H groups in total. The maximum atomic E-state index is 12.0. The van der Waals surface area contributed by atoms with E-state index in [9.17, 15) is 9.59 Å². The van der Waals surface area contributed by atoms with Gasteiger partial charge in [0, 0.05) is 18.7 Å². The highest BCUT2D eigenvalue weighted by atomic mass is 16.2. The van der Waals surface area contributed by atoms with Gasteiger partial charge in [-0.3, -0.25) is 9.59 Å². The van der Waals surface area contributed by atoms with Gasteiger partial charge in [0.15, 0.2) is 0 Å². The van der Waals surface area contributed by atoms with Crippen LogP contribution < -0.4 is 16.6 Å². The van der Waals surface area contributed by atoms with Crippen LogP contribution in [-0.4, -0.2) is 28.3 Å². The normalized spacial score (nSPS) is 11.9. The molecule has 0 bridgehead atoms. The third-order valence-corrected chi connectivity index (χ3v) is 3.32. The third-order valence-electron chi connectivity index (χ3n) is 3.32. The van der Waals surface area contributed by atoms with Crippen LogP contribution in [0, 0.1) is 0 Å². The van der Waals surface area contributed by atoms with Crippen molar-refractivity contribution in [3.63, 3.8) is 0 Å². The summed E-state index contributed by atoms with van der Waals surface area (Å²) in [4.78, 5) is 23.9. The molecule has 1 amide bonds. The highest BCUT2D eigenvalue weighted by molar-refractivity contribution is 5.92. The lowest BCUT2D eigenvalue weighted by molar-refractivity contribution is 0.0943. The molecule has 6 nitrogen and oxygen atoms in total. The molecule has 1 aromatic carbocycles. The van der Waals surface area contributed by atoms with Crippen LogP contribution >= 0.6 is 0 Å². The monoisotopic (exact) mass is 300 g/mol. The molecule has 0 aliphatic carbocycles. The van der Waals surface area contributed by atoms with E-state index < -0.39 is 0 Å². The van der Waals surface area contributed by atoms with Gasteiger partial charge in [0.25, 0.3) is 11.5 Å². The molecule has 22 heavy (non-hydrogen) atoms. The smallest absolute Gasteiger partial charge is 0.271 e. The number of carbonyl (C=O) groups excluding carboxylic acids is 1. The average Bonchev–Trinajstić information content (AvgIpc) is 2.55. The van der Waals surface area contributed by atoms with E-state index in [0.29, 0.717) is 13.1 Å². The maximum absolute atomic E-state index is 12.0. The summed E-state index contributed by atoms with van der Waals surface area (Å²) in [5.41, 5.74) is 6.67. The summed E-state index contributed by atoms with van der Waals surface area (Å²) < 4.78 is 1.28. The van der Waals surface area contributed by atoms with Gasteiger partial charge in [-0.15, -0.1) is 0 Å². The molecular weight excluding hydrogens is 280 g/mol. The first-order chi connectivity index (χ1) is 10.6. The molecule has 2 aromatic rings. The van der Waals surface area contributed by atoms with Gasteiger partial charge in [-0.2, -0.15) is 5.10 Å². The quantitative estimate of drug-likeness (QED) is 0.824. The number of hydrogen-bond acceptors (Lipinski definition) is 4. The SMILES string of the molecule is CCC(N)CNC(=O)c1ccc(=O)n(Cc2ccccc2)n1. The van der Waals surface area contributed by atoms with Crippen molar-refractivity contribution >= 4 is 5.91 Å². The van der Waals surface area contributed by atoms with Gasteiger partial charge >= 0.3 is 0 Å². The molecule has 1 atom stereocenters. The van der Waals surface area contributed by atoms with Crippen LogP contribution in [0.3, 0.4) is 0 Å². The lowest BCUT2D eigenvalue weighted by Crippen LogP contribution is -2.38. The number of nitrogens with one attached hydrogen (secondary N) is 1. The second kappa shape index (κ2) is 7.51. The van der Waals surface area contributed by atoms with Crippen molar-refractivity contribution in [3.05, 3.63) is 64.1 Å². The van der Waals surface area contributed by atoms with Gasteiger partial charge in [-0.1, -0.05) is 37.3 Å². The zero-order valence-electron chi connectivity index (χ0n) is 12.5. The van der Waals surface area contributed by atoms with Gasteiger partial charge in [0.05, 0.1) is 6.54 Å². The van der Waals surface area contributed by atoms with Gasteiger partial charge in [0.2, 0.25) is 0 Å². The number of benzene rings is 1. The van der Waals surface area contributed by atoms with Gasteiger partial charge < -0.3 is 11.1 Å². The molecule has 0 saturated carbocycles. The first-order valence-electron chi connectivity index (χ1n) is 7.26. The Balaban J connectivity index is 2.13. The summed E-state index contributed by atoms with van der Waals surface area (Å²) in [7, 11) is 0. The lowest BCUT2D eigenvalue weighted by atomic mass is 10.2. The Labute approximate surface area is 129 Å². The topological polar surface area (TPSA) is 90.0 Å². The van der Waals surface area contributed by atoms with Crippen molar-refractivity contribution < 1.29 is 4.79 Å². The van der Waals surface area contributed by atoms with Gasteiger partial charge in [-0.25, -0.2) is 4.68 Å². The van der Waals surface area contributed by atoms with Crippen molar-refractivity contribution in [1.29, 1.82) is 0 Å². The number of nitrogens with zero attached hydrogens (tertiary/aromatic N) is 2. The van der Waals surface area contributed by atoms with Crippen LogP contribution in [0.15, 0.2) is 47.3 Å². The van der Waals surface area contributed by atoms with E-state index in [4.69, 9.17) is 5.73 Å². The predicted octanol–water partition coefficient (Wildman–Crippen LogP) is 0.759. The van der Waals surface area contributed by atoms with Crippen LogP contribution in [0.2, 0.25) is 0 Å². The average molecular weight is 300 g/mol. The molecule has 116 valence electrons. The Morgan fingerprint density at radius 1 is 1.27 bits per heavy atom. The first-order valence-corrected chi connectivity index (χ1v) is 7.26. The third kappa shape index (κ3) is 4.26. The van der Waals surface area contributed by atoms with Crippen LogP contribution in [0.4, 0.5) is 0 Å². The summed E-state index contributed by atoms with van der Waals surface area (Å²) in [6.45, 7) is 2.67. The summed E-state index contributed by atoms with van der Waals surface area (Å²) >= 11 is 0. The van der Waals surface area contributed by atoms with Crippen LogP contribution in [0.5, 0.6) is 0 Å². The van der Waals surface area contributed by atoms with Gasteiger partial charge in [-0.05, 0) is 18.1 Å². The van der Waals surface area contributed by atoms with E-state index in [1.807, 2.05) is 37.3 Å². The molecule has 0 saturated heterocycles. The predicted molar refractivity (Wildman–Crippen MR) is 84.6 cm³/mol. The Kier molecular flexibility index (Phi) is 5.43. The van der Waals surface area contributed by atoms with Crippen LogP contribution in [0.1, 0.15) is 29.4 Å². The molecule has 1 aromatic heterocycles. The molecular formula is C16H20N4O2.